The van der Waals surface area contributed by atoms with Gasteiger partial charge in [0.1, 0.15) is 5.75 Å². The van der Waals surface area contributed by atoms with Crippen molar-refractivity contribution in [1.29, 1.82) is 0 Å². The Balaban J connectivity index is 2.16. The van der Waals surface area contributed by atoms with Crippen molar-refractivity contribution < 1.29 is 17.9 Å². The van der Waals surface area contributed by atoms with Gasteiger partial charge in [-0.15, -0.1) is 0 Å². The minimum Gasteiger partial charge on any atom is -0.497 e. The van der Waals surface area contributed by atoms with E-state index in [1.807, 2.05) is 6.92 Å². The molecule has 140 valence electrons. The zero-order valence-electron chi connectivity index (χ0n) is 15.0. The molecular weight excluding hydrogens is 354 g/mol. The molecule has 0 fully saturated rings. The fourth-order valence-electron chi connectivity index (χ4n) is 2.21. The summed E-state index contributed by atoms with van der Waals surface area (Å²) in [5.41, 5.74) is 6.39. The maximum Gasteiger partial charge on any atom is 0.261 e. The first-order chi connectivity index (χ1) is 12.3. The van der Waals surface area contributed by atoms with Crippen LogP contribution in [-0.4, -0.2) is 46.0 Å². The normalized spacial score (nSPS) is 12.3. The lowest BCUT2D eigenvalue weighted by molar-refractivity contribution is 0.0748. The van der Waals surface area contributed by atoms with Crippen LogP contribution in [0.4, 0.5) is 5.69 Å². The minimum absolute atomic E-state index is 0.0689. The van der Waals surface area contributed by atoms with Gasteiger partial charge in [-0.2, -0.15) is 0 Å². The molecule has 3 N–H and O–H groups in total. The molecule has 0 aliphatic heterocycles. The highest BCUT2D eigenvalue weighted by Gasteiger charge is 2.19. The van der Waals surface area contributed by atoms with E-state index in [-0.39, 0.29) is 16.8 Å². The van der Waals surface area contributed by atoms with Crippen LogP contribution in [0.1, 0.15) is 17.3 Å². The van der Waals surface area contributed by atoms with Crippen molar-refractivity contribution in [2.45, 2.75) is 17.9 Å². The first-order valence-corrected chi connectivity index (χ1v) is 9.51. The summed E-state index contributed by atoms with van der Waals surface area (Å²) in [5, 5.41) is 0. The van der Waals surface area contributed by atoms with Crippen LogP contribution in [0.5, 0.6) is 5.75 Å². The smallest absolute Gasteiger partial charge is 0.261 e. The van der Waals surface area contributed by atoms with Gasteiger partial charge in [0.15, 0.2) is 0 Å². The lowest BCUT2D eigenvalue weighted by Crippen LogP contribution is -2.39. The lowest BCUT2D eigenvalue weighted by atomic mass is 10.2. The van der Waals surface area contributed by atoms with E-state index in [2.05, 4.69) is 4.72 Å². The second-order valence-electron chi connectivity index (χ2n) is 5.86. The molecule has 0 aliphatic rings. The predicted molar refractivity (Wildman–Crippen MR) is 101 cm³/mol. The molecule has 0 bridgehead atoms. The number of hydrogen-bond acceptors (Lipinski definition) is 5. The number of hydrogen-bond donors (Lipinski definition) is 2. The van der Waals surface area contributed by atoms with Gasteiger partial charge in [-0.3, -0.25) is 9.52 Å². The molecule has 2 rings (SSSR count). The Hall–Kier alpha value is -2.58. The van der Waals surface area contributed by atoms with Gasteiger partial charge >= 0.3 is 0 Å². The summed E-state index contributed by atoms with van der Waals surface area (Å²) in [7, 11) is -0.554. The molecule has 26 heavy (non-hydrogen) atoms. The first-order valence-electron chi connectivity index (χ1n) is 8.02. The molecule has 0 heterocycles. The average Bonchev–Trinajstić information content (AvgIpc) is 2.66. The SMILES string of the molecule is COc1ccc(NS(=O)(=O)c2ccc(C(=O)N(C)C(C)CN)cc2)cc1. The van der Waals surface area contributed by atoms with Crippen molar-refractivity contribution in [3.63, 3.8) is 0 Å². The highest BCUT2D eigenvalue weighted by atomic mass is 32.2. The van der Waals surface area contributed by atoms with E-state index < -0.39 is 10.0 Å². The molecule has 0 saturated heterocycles. The largest absolute Gasteiger partial charge is 0.497 e. The van der Waals surface area contributed by atoms with Crippen LogP contribution in [0, 0.1) is 0 Å². The number of methoxy groups -OCH3 is 1. The Morgan fingerprint density at radius 1 is 1.15 bits per heavy atom. The highest BCUT2D eigenvalue weighted by molar-refractivity contribution is 7.92. The van der Waals surface area contributed by atoms with Crippen molar-refractivity contribution in [1.82, 2.24) is 4.90 Å². The lowest BCUT2D eigenvalue weighted by Gasteiger charge is -2.23. The number of likely N-dealkylation sites (N-methyl/N-ethyl adjacent to an activating group) is 1. The van der Waals surface area contributed by atoms with Crippen molar-refractivity contribution >= 4 is 21.6 Å². The molecule has 7 nitrogen and oxygen atoms in total. The van der Waals surface area contributed by atoms with E-state index in [0.29, 0.717) is 23.5 Å². The first kappa shape index (κ1) is 19.7. The van der Waals surface area contributed by atoms with E-state index in [1.54, 1.807) is 31.3 Å². The predicted octanol–water partition coefficient (Wildman–Crippen LogP) is 1.92. The topological polar surface area (TPSA) is 102 Å². The molecule has 0 aromatic heterocycles. The van der Waals surface area contributed by atoms with Crippen LogP contribution >= 0.6 is 0 Å². The van der Waals surface area contributed by atoms with Crippen molar-refractivity contribution in [3.8, 4) is 5.75 Å². The zero-order chi connectivity index (χ0) is 19.3. The van der Waals surface area contributed by atoms with Crippen LogP contribution in [0.15, 0.2) is 53.4 Å². The number of nitrogens with zero attached hydrogens (tertiary/aromatic N) is 1. The molecule has 0 aliphatic carbocycles. The fourth-order valence-corrected chi connectivity index (χ4v) is 3.27. The number of anilines is 1. The Morgan fingerprint density at radius 2 is 1.73 bits per heavy atom. The molecule has 1 amide bonds. The number of carbonyl (C=O) groups is 1. The third-order valence-electron chi connectivity index (χ3n) is 4.08. The van der Waals surface area contributed by atoms with E-state index in [0.717, 1.165) is 0 Å². The average molecular weight is 377 g/mol. The van der Waals surface area contributed by atoms with Gasteiger partial charge in [-0.1, -0.05) is 0 Å². The van der Waals surface area contributed by atoms with Crippen LogP contribution in [0.25, 0.3) is 0 Å². The molecule has 2 aromatic carbocycles. The molecule has 8 heteroatoms. The molecule has 1 atom stereocenters. The quantitative estimate of drug-likeness (QED) is 0.767. The number of rotatable bonds is 7. The molecule has 0 radical (unpaired) electrons. The van der Waals surface area contributed by atoms with E-state index >= 15 is 0 Å². The summed E-state index contributed by atoms with van der Waals surface area (Å²) in [5.74, 6) is 0.418. The number of nitrogens with one attached hydrogen (secondary N) is 1. The summed E-state index contributed by atoms with van der Waals surface area (Å²) in [6.45, 7) is 2.19. The molecule has 0 spiro atoms. The number of ether oxygens (including phenoxy) is 1. The summed E-state index contributed by atoms with van der Waals surface area (Å²) in [6.07, 6.45) is 0. The maximum atomic E-state index is 12.5. The van der Waals surface area contributed by atoms with Crippen LogP contribution in [0.2, 0.25) is 0 Å². The molecular formula is C18H23N3O4S. The summed E-state index contributed by atoms with van der Waals surface area (Å²) < 4.78 is 32.5. The Morgan fingerprint density at radius 3 is 2.23 bits per heavy atom. The number of amides is 1. The van der Waals surface area contributed by atoms with Crippen LogP contribution in [0.3, 0.4) is 0 Å². The monoisotopic (exact) mass is 377 g/mol. The second-order valence-corrected chi connectivity index (χ2v) is 7.54. The van der Waals surface area contributed by atoms with Crippen molar-refractivity contribution in [3.05, 3.63) is 54.1 Å². The molecule has 2 aromatic rings. The Labute approximate surface area is 153 Å². The van der Waals surface area contributed by atoms with Crippen molar-refractivity contribution in [2.24, 2.45) is 5.73 Å². The highest BCUT2D eigenvalue weighted by Crippen LogP contribution is 2.20. The van der Waals surface area contributed by atoms with Gasteiger partial charge in [-0.25, -0.2) is 8.42 Å². The van der Waals surface area contributed by atoms with Gasteiger partial charge in [0.25, 0.3) is 15.9 Å². The zero-order valence-corrected chi connectivity index (χ0v) is 15.8. The molecule has 1 unspecified atom stereocenters. The minimum atomic E-state index is -3.75. The van der Waals surface area contributed by atoms with Gasteiger partial charge in [0, 0.05) is 30.9 Å². The maximum absolute atomic E-state index is 12.5. The van der Waals surface area contributed by atoms with Gasteiger partial charge in [-0.05, 0) is 55.5 Å². The summed E-state index contributed by atoms with van der Waals surface area (Å²) in [6, 6.07) is 12.2. The summed E-state index contributed by atoms with van der Waals surface area (Å²) in [4.78, 5) is 13.9. The van der Waals surface area contributed by atoms with Gasteiger partial charge < -0.3 is 15.4 Å². The fraction of sp³-hybridized carbons (Fsp3) is 0.278. The second kappa shape index (κ2) is 8.20. The molecule has 0 saturated carbocycles. The van der Waals surface area contributed by atoms with E-state index in [1.165, 1.54) is 36.3 Å². The number of nitrogens with two attached hydrogens (primary N) is 1. The standard InChI is InChI=1S/C18H23N3O4S/c1-13(12-19)21(2)18(22)14-4-10-17(11-5-14)26(23,24)20-15-6-8-16(25-3)9-7-15/h4-11,13,20H,12,19H2,1-3H3. The van der Waals surface area contributed by atoms with Gasteiger partial charge in [0.05, 0.1) is 12.0 Å². The Bertz CT molecular complexity index is 849. The van der Waals surface area contributed by atoms with Crippen molar-refractivity contribution in [2.75, 3.05) is 25.4 Å². The van der Waals surface area contributed by atoms with Crippen LogP contribution in [-0.2, 0) is 10.0 Å². The number of sulfonamides is 1. The van der Waals surface area contributed by atoms with Crippen LogP contribution < -0.4 is 15.2 Å². The number of benzene rings is 2. The van der Waals surface area contributed by atoms with E-state index in [4.69, 9.17) is 10.5 Å². The Kier molecular flexibility index (Phi) is 6.23. The van der Waals surface area contributed by atoms with Gasteiger partial charge in [0.2, 0.25) is 0 Å². The third-order valence-corrected chi connectivity index (χ3v) is 5.47. The third kappa shape index (κ3) is 4.53. The summed E-state index contributed by atoms with van der Waals surface area (Å²) >= 11 is 0. The van der Waals surface area contributed by atoms with E-state index in [9.17, 15) is 13.2 Å². The number of carbonyl (C=O) groups excluding carboxylic acids is 1.